The number of ketones is 1. The number of carbonyl (C=O) groups excluding carboxylic acids is 1. The minimum absolute atomic E-state index is 0.0179. The zero-order valence-electron chi connectivity index (χ0n) is 16.9. The van der Waals surface area contributed by atoms with E-state index in [1.807, 2.05) is 27.7 Å². The van der Waals surface area contributed by atoms with E-state index >= 15 is 0 Å². The van der Waals surface area contributed by atoms with Crippen molar-refractivity contribution in [3.8, 4) is 0 Å². The molecule has 0 aromatic rings. The lowest BCUT2D eigenvalue weighted by Gasteiger charge is -2.39. The van der Waals surface area contributed by atoms with Crippen LogP contribution in [0.5, 0.6) is 0 Å². The van der Waals surface area contributed by atoms with Crippen molar-refractivity contribution in [3.05, 3.63) is 0 Å². The predicted molar refractivity (Wildman–Crippen MR) is 101 cm³/mol. The van der Waals surface area contributed by atoms with E-state index in [2.05, 4.69) is 34.6 Å². The Bertz CT molecular complexity index is 348. The Morgan fingerprint density at radius 3 is 1.78 bits per heavy atom. The molecule has 0 radical (unpaired) electrons. The third-order valence-electron chi connectivity index (χ3n) is 5.33. The first-order valence-electron chi connectivity index (χ1n) is 9.33. The van der Waals surface area contributed by atoms with Crippen LogP contribution in [-0.4, -0.2) is 31.4 Å². The molecule has 0 fully saturated rings. The highest BCUT2D eigenvalue weighted by atomic mass is 28.4. The Balaban J connectivity index is 5.12. The van der Waals surface area contributed by atoms with Crippen molar-refractivity contribution in [2.24, 2.45) is 17.3 Å². The molecular weight excluding hydrogens is 304 g/mol. The number of hydrogen-bond acceptors (Lipinski definition) is 3. The number of hydrogen-bond donors (Lipinski definition) is 1. The minimum Gasteiger partial charge on any atom is -0.413 e. The standard InChI is InChI=1S/C19H40O3Si/c1-10-23(11-2,12-3)22-18(14(4)5)15(6)16(20)13-17(21)19(7,8)9/h14-16,18,20H,10-13H2,1-9H3/t15-,16+,18-/m0/s1. The van der Waals surface area contributed by atoms with Gasteiger partial charge in [0, 0.05) is 17.8 Å². The van der Waals surface area contributed by atoms with E-state index in [-0.39, 0.29) is 24.2 Å². The quantitative estimate of drug-likeness (QED) is 0.565. The lowest BCUT2D eigenvalue weighted by Crippen LogP contribution is -2.47. The summed E-state index contributed by atoms with van der Waals surface area (Å²) in [6.07, 6.45) is -0.397. The molecule has 0 unspecified atom stereocenters. The topological polar surface area (TPSA) is 46.5 Å². The third kappa shape index (κ3) is 6.67. The second-order valence-corrected chi connectivity index (χ2v) is 13.1. The molecule has 0 aromatic heterocycles. The van der Waals surface area contributed by atoms with Crippen LogP contribution in [0, 0.1) is 17.3 Å². The number of aliphatic hydroxyl groups excluding tert-OH is 1. The zero-order valence-corrected chi connectivity index (χ0v) is 17.9. The normalized spacial score (nSPS) is 17.2. The number of aliphatic hydroxyl groups is 1. The maximum absolute atomic E-state index is 12.2. The van der Waals surface area contributed by atoms with Crippen molar-refractivity contribution in [3.63, 3.8) is 0 Å². The highest BCUT2D eigenvalue weighted by Crippen LogP contribution is 2.31. The molecule has 0 saturated heterocycles. The smallest absolute Gasteiger partial charge is 0.192 e. The molecule has 0 heterocycles. The Labute approximate surface area is 145 Å². The molecule has 4 heteroatoms. The molecule has 0 aliphatic heterocycles. The van der Waals surface area contributed by atoms with Gasteiger partial charge in [0.25, 0.3) is 0 Å². The Morgan fingerprint density at radius 2 is 1.48 bits per heavy atom. The van der Waals surface area contributed by atoms with Crippen LogP contribution in [0.1, 0.15) is 68.7 Å². The Kier molecular flexibility index (Phi) is 9.25. The molecule has 3 atom stereocenters. The maximum atomic E-state index is 12.2. The van der Waals surface area contributed by atoms with E-state index in [0.717, 1.165) is 18.1 Å². The Morgan fingerprint density at radius 1 is 1.04 bits per heavy atom. The molecular formula is C19H40O3Si. The van der Waals surface area contributed by atoms with Crippen LogP contribution in [-0.2, 0) is 9.22 Å². The number of rotatable bonds is 10. The molecule has 0 spiro atoms. The van der Waals surface area contributed by atoms with Gasteiger partial charge in [0.15, 0.2) is 8.32 Å². The van der Waals surface area contributed by atoms with Gasteiger partial charge in [0.2, 0.25) is 0 Å². The van der Waals surface area contributed by atoms with Gasteiger partial charge in [-0.2, -0.15) is 0 Å². The highest BCUT2D eigenvalue weighted by molar-refractivity contribution is 6.73. The first-order valence-corrected chi connectivity index (χ1v) is 11.9. The second-order valence-electron chi connectivity index (χ2n) is 8.37. The molecule has 3 nitrogen and oxygen atoms in total. The fourth-order valence-corrected chi connectivity index (χ4v) is 6.10. The molecule has 0 amide bonds. The van der Waals surface area contributed by atoms with Gasteiger partial charge >= 0.3 is 0 Å². The summed E-state index contributed by atoms with van der Waals surface area (Å²) in [5, 5.41) is 10.6. The molecule has 0 aliphatic carbocycles. The Hall–Kier alpha value is -0.193. The lowest BCUT2D eigenvalue weighted by atomic mass is 9.82. The summed E-state index contributed by atoms with van der Waals surface area (Å²) in [6, 6.07) is 3.31. The number of Topliss-reactive ketones (excluding diaryl/α,β-unsaturated/α-hetero) is 1. The van der Waals surface area contributed by atoms with Crippen molar-refractivity contribution in [2.45, 2.75) is 99.1 Å². The fraction of sp³-hybridized carbons (Fsp3) is 0.947. The van der Waals surface area contributed by atoms with Crippen LogP contribution < -0.4 is 0 Å². The van der Waals surface area contributed by atoms with Gasteiger partial charge in [-0.25, -0.2) is 0 Å². The molecule has 1 N–H and O–H groups in total. The van der Waals surface area contributed by atoms with E-state index in [4.69, 9.17) is 4.43 Å². The molecule has 0 rings (SSSR count). The molecule has 0 aliphatic rings. The number of carbonyl (C=O) groups is 1. The summed E-state index contributed by atoms with van der Waals surface area (Å²) in [6.45, 7) is 18.7. The lowest BCUT2D eigenvalue weighted by molar-refractivity contribution is -0.129. The van der Waals surface area contributed by atoms with Gasteiger partial charge in [0.1, 0.15) is 5.78 Å². The SMILES string of the molecule is CC[Si](CC)(CC)O[C@@H](C(C)C)[C@@H](C)[C@H](O)CC(=O)C(C)(C)C. The second kappa shape index (κ2) is 9.33. The van der Waals surface area contributed by atoms with Gasteiger partial charge in [-0.3, -0.25) is 4.79 Å². The summed E-state index contributed by atoms with van der Waals surface area (Å²) in [7, 11) is -1.72. The molecule has 138 valence electrons. The van der Waals surface area contributed by atoms with Gasteiger partial charge in [-0.1, -0.05) is 62.3 Å². The van der Waals surface area contributed by atoms with Crippen molar-refractivity contribution >= 4 is 14.1 Å². The van der Waals surface area contributed by atoms with Crippen LogP contribution in [0.3, 0.4) is 0 Å². The largest absolute Gasteiger partial charge is 0.413 e. The molecule has 0 bridgehead atoms. The maximum Gasteiger partial charge on any atom is 0.192 e. The van der Waals surface area contributed by atoms with Gasteiger partial charge in [-0.05, 0) is 24.1 Å². The third-order valence-corrected chi connectivity index (χ3v) is 9.97. The van der Waals surface area contributed by atoms with Crippen LogP contribution >= 0.6 is 0 Å². The summed E-state index contributed by atoms with van der Waals surface area (Å²) in [5.74, 6) is 0.420. The summed E-state index contributed by atoms with van der Waals surface area (Å²) in [5.41, 5.74) is -0.399. The van der Waals surface area contributed by atoms with E-state index < -0.39 is 19.8 Å². The van der Waals surface area contributed by atoms with E-state index in [1.165, 1.54) is 0 Å². The monoisotopic (exact) mass is 344 g/mol. The fourth-order valence-electron chi connectivity index (χ4n) is 3.04. The summed E-state index contributed by atoms with van der Waals surface area (Å²) >= 11 is 0. The van der Waals surface area contributed by atoms with E-state index in [1.54, 1.807) is 0 Å². The van der Waals surface area contributed by atoms with Crippen molar-refractivity contribution < 1.29 is 14.3 Å². The van der Waals surface area contributed by atoms with Crippen LogP contribution in [0.25, 0.3) is 0 Å². The van der Waals surface area contributed by atoms with E-state index in [9.17, 15) is 9.90 Å². The summed E-state index contributed by atoms with van der Waals surface area (Å²) < 4.78 is 6.66. The average molecular weight is 345 g/mol. The highest BCUT2D eigenvalue weighted by Gasteiger charge is 2.38. The molecule has 23 heavy (non-hydrogen) atoms. The van der Waals surface area contributed by atoms with Gasteiger partial charge in [0.05, 0.1) is 12.2 Å². The van der Waals surface area contributed by atoms with Crippen molar-refractivity contribution in [1.29, 1.82) is 0 Å². The van der Waals surface area contributed by atoms with Crippen molar-refractivity contribution in [1.82, 2.24) is 0 Å². The van der Waals surface area contributed by atoms with Gasteiger partial charge < -0.3 is 9.53 Å². The first kappa shape index (κ1) is 22.8. The van der Waals surface area contributed by atoms with Crippen LogP contribution in [0.2, 0.25) is 18.1 Å². The molecule has 0 aromatic carbocycles. The average Bonchev–Trinajstić information content (AvgIpc) is 2.47. The van der Waals surface area contributed by atoms with Crippen LogP contribution in [0.4, 0.5) is 0 Å². The molecule has 0 saturated carbocycles. The zero-order chi connectivity index (χ0) is 18.4. The van der Waals surface area contributed by atoms with Crippen LogP contribution in [0.15, 0.2) is 0 Å². The van der Waals surface area contributed by atoms with Gasteiger partial charge in [-0.15, -0.1) is 0 Å². The summed E-state index contributed by atoms with van der Waals surface area (Å²) in [4.78, 5) is 12.2. The first-order chi connectivity index (χ1) is 10.4. The van der Waals surface area contributed by atoms with E-state index in [0.29, 0.717) is 5.92 Å². The predicted octanol–water partition coefficient (Wildman–Crippen LogP) is 5.04. The van der Waals surface area contributed by atoms with Crippen molar-refractivity contribution in [2.75, 3.05) is 0 Å². The minimum atomic E-state index is -1.72.